The molecule has 4 atom stereocenters. The molecule has 0 saturated carbocycles. The first kappa shape index (κ1) is 27.5. The third kappa shape index (κ3) is 5.82. The number of carbonyl (C=O) groups is 2. The van der Waals surface area contributed by atoms with E-state index in [-0.39, 0.29) is 42.6 Å². The summed E-state index contributed by atoms with van der Waals surface area (Å²) >= 11 is 0. The fourth-order valence-electron chi connectivity index (χ4n) is 3.26. The quantitative estimate of drug-likeness (QED) is 0.203. The molecule has 2 amide bonds. The van der Waals surface area contributed by atoms with Crippen molar-refractivity contribution in [2.75, 3.05) is 25.4 Å². The van der Waals surface area contributed by atoms with Gasteiger partial charge in [0.1, 0.15) is 16.6 Å². The molecule has 2 aliphatic heterocycles. The smallest absolute Gasteiger partial charge is 0.726 e. The number of carbonyl (C=O) groups excluding carboxylic acids is 2. The summed E-state index contributed by atoms with van der Waals surface area (Å²) in [5.41, 5.74) is 0. The molecule has 2 aliphatic rings. The number of nitrogens with zero attached hydrogens (tertiary/aromatic N) is 2. The summed E-state index contributed by atoms with van der Waals surface area (Å²) in [7, 11) is -13.4. The molecular weight excluding hydrogens is 475 g/mol. The molecule has 0 aliphatic carbocycles. The van der Waals surface area contributed by atoms with Crippen LogP contribution in [0.4, 0.5) is 0 Å². The Morgan fingerprint density at radius 2 is 1.87 bits per heavy atom. The Morgan fingerprint density at radius 1 is 1.30 bits per heavy atom. The normalized spacial score (nSPS) is 28.0. The predicted octanol–water partition coefficient (Wildman–Crippen LogP) is -5.36. The maximum Gasteiger partial charge on any atom is 1.00 e. The van der Waals surface area contributed by atoms with E-state index in [4.69, 9.17) is 0 Å². The van der Waals surface area contributed by atoms with E-state index in [0.29, 0.717) is 5.41 Å². The Hall–Kier alpha value is -0.550. The fraction of sp³-hybridized carbons (Fsp3) is 0.714. The number of fused-ring (bicyclic) bond motifs is 1. The van der Waals surface area contributed by atoms with Crippen LogP contribution in [0.5, 0.6) is 0 Å². The van der Waals surface area contributed by atoms with Crippen molar-refractivity contribution in [2.45, 2.75) is 36.5 Å². The second kappa shape index (κ2) is 9.52. The van der Waals surface area contributed by atoms with Gasteiger partial charge in [0.15, 0.2) is 19.7 Å². The minimum absolute atomic E-state index is 0. The van der Waals surface area contributed by atoms with Crippen LogP contribution < -0.4 is 29.6 Å². The minimum atomic E-state index is -5.32. The number of piperazine rings is 1. The van der Waals surface area contributed by atoms with Gasteiger partial charge >= 0.3 is 29.6 Å². The average molecular weight is 497 g/mol. The summed E-state index contributed by atoms with van der Waals surface area (Å²) in [6, 6.07) is -1.26. The van der Waals surface area contributed by atoms with Crippen molar-refractivity contribution in [3.63, 3.8) is 0 Å². The summed E-state index contributed by atoms with van der Waals surface area (Å²) in [6.07, 6.45) is -1.74. The van der Waals surface area contributed by atoms with Crippen molar-refractivity contribution in [2.24, 2.45) is 0 Å². The van der Waals surface area contributed by atoms with Crippen LogP contribution in [-0.4, -0.2) is 99.5 Å². The van der Waals surface area contributed by atoms with Gasteiger partial charge in [0.2, 0.25) is 22.2 Å². The maximum absolute atomic E-state index is 12.6. The van der Waals surface area contributed by atoms with E-state index in [2.05, 4.69) is 10.8 Å². The number of hydrogen-bond donors (Lipinski definition) is 0. The first-order valence-electron chi connectivity index (χ1n) is 8.42. The van der Waals surface area contributed by atoms with E-state index in [9.17, 15) is 39.4 Å². The number of hydrogen-bond acceptors (Lipinski definition) is 10. The molecule has 0 N–H and O–H groups in total. The zero-order valence-corrected chi connectivity index (χ0v) is 21.1. The van der Waals surface area contributed by atoms with Crippen molar-refractivity contribution in [3.8, 4) is 0 Å². The topological polar surface area (TPSA) is 175 Å². The second-order valence-electron chi connectivity index (χ2n) is 6.80. The summed E-state index contributed by atoms with van der Waals surface area (Å²) in [6.45, 7) is 4.74. The van der Waals surface area contributed by atoms with Crippen LogP contribution in [0, 0.1) is 0 Å². The second-order valence-corrected chi connectivity index (χ2v) is 12.4. The van der Waals surface area contributed by atoms with Crippen LogP contribution in [0.2, 0.25) is 0 Å². The van der Waals surface area contributed by atoms with Crippen molar-refractivity contribution in [1.29, 1.82) is 0 Å². The van der Waals surface area contributed by atoms with E-state index >= 15 is 0 Å². The maximum atomic E-state index is 12.6. The van der Waals surface area contributed by atoms with E-state index in [0.717, 1.165) is 23.6 Å². The van der Waals surface area contributed by atoms with E-state index in [1.54, 1.807) is 0 Å². The van der Waals surface area contributed by atoms with Crippen molar-refractivity contribution >= 4 is 41.9 Å². The van der Waals surface area contributed by atoms with Crippen molar-refractivity contribution in [1.82, 2.24) is 9.80 Å². The fourth-order valence-corrected chi connectivity index (χ4v) is 6.04. The standard InChI is InChI=1S/C14H22N2O10S3.Na/c1-4-27(19,20)9(2)13(17)15-5-6-16-11(7-15)12(26-29(23,24)25)8-28(21,22)10(3)14(16)18;/h4,9-12H,1,5-8H2,2-3H3,(H,23,24,25);/q;+1/p-1. The van der Waals surface area contributed by atoms with Gasteiger partial charge in [-0.25, -0.2) is 25.3 Å². The summed E-state index contributed by atoms with van der Waals surface area (Å²) in [5, 5.41) is -2.35. The number of rotatable bonds is 5. The Kier molecular flexibility index (Phi) is 8.72. The van der Waals surface area contributed by atoms with E-state index in [1.165, 1.54) is 0 Å². The molecule has 0 bridgehead atoms. The van der Waals surface area contributed by atoms with Gasteiger partial charge in [-0.1, -0.05) is 6.58 Å². The van der Waals surface area contributed by atoms with Crippen molar-refractivity contribution < 1.29 is 73.1 Å². The summed E-state index contributed by atoms with van der Waals surface area (Å²) < 4.78 is 86.2. The number of sulfone groups is 2. The molecule has 2 rings (SSSR count). The minimum Gasteiger partial charge on any atom is -0.726 e. The Bertz CT molecular complexity index is 1020. The molecule has 0 aromatic rings. The third-order valence-corrected chi connectivity index (χ3v) is 9.25. The molecule has 4 unspecified atom stereocenters. The van der Waals surface area contributed by atoms with Gasteiger partial charge < -0.3 is 14.4 Å². The largest absolute Gasteiger partial charge is 1.00 e. The van der Waals surface area contributed by atoms with Gasteiger partial charge in [-0.2, -0.15) is 0 Å². The van der Waals surface area contributed by atoms with Crippen molar-refractivity contribution in [3.05, 3.63) is 12.0 Å². The Balaban J connectivity index is 0.00000450. The van der Waals surface area contributed by atoms with Crippen LogP contribution in [0.15, 0.2) is 12.0 Å². The number of amides is 2. The van der Waals surface area contributed by atoms with Crippen LogP contribution in [0.25, 0.3) is 0 Å². The van der Waals surface area contributed by atoms with Gasteiger partial charge in [0.25, 0.3) is 0 Å². The van der Waals surface area contributed by atoms with Gasteiger partial charge in [-0.05, 0) is 13.8 Å². The third-order valence-electron chi connectivity index (χ3n) is 5.04. The van der Waals surface area contributed by atoms with Gasteiger partial charge in [-0.15, -0.1) is 0 Å². The first-order chi connectivity index (χ1) is 13.1. The molecule has 0 spiro atoms. The summed E-state index contributed by atoms with van der Waals surface area (Å²) in [5.74, 6) is -2.57. The SMILES string of the molecule is C=CS(=O)(=O)C(C)C(=O)N1CCN2C(=O)C(C)S(=O)(=O)CC(OS(=O)(=O)[O-])C2C1.[Na+]. The zero-order valence-electron chi connectivity index (χ0n) is 16.6. The van der Waals surface area contributed by atoms with Gasteiger partial charge in [-0.3, -0.25) is 13.8 Å². The average Bonchev–Trinajstić information content (AvgIpc) is 2.68. The van der Waals surface area contributed by atoms with Crippen LogP contribution in [0.1, 0.15) is 13.8 Å². The van der Waals surface area contributed by atoms with E-state index < -0.39 is 76.8 Å². The zero-order chi connectivity index (χ0) is 22.4. The van der Waals surface area contributed by atoms with Gasteiger partial charge in [0, 0.05) is 25.0 Å². The molecule has 12 nitrogen and oxygen atoms in total. The van der Waals surface area contributed by atoms with Crippen LogP contribution in [0.3, 0.4) is 0 Å². The molecule has 2 heterocycles. The monoisotopic (exact) mass is 496 g/mol. The van der Waals surface area contributed by atoms with Crippen LogP contribution in [-0.2, 0) is 43.8 Å². The predicted molar refractivity (Wildman–Crippen MR) is 98.5 cm³/mol. The molecule has 16 heteroatoms. The van der Waals surface area contributed by atoms with Gasteiger partial charge in [0.05, 0.1) is 11.8 Å². The molecule has 0 radical (unpaired) electrons. The molecule has 30 heavy (non-hydrogen) atoms. The molecule has 0 aromatic carbocycles. The molecular formula is C14H21N2NaO10S3. The molecule has 2 fully saturated rings. The first-order valence-corrected chi connectivity index (χ1v) is 13.1. The Morgan fingerprint density at radius 3 is 2.37 bits per heavy atom. The van der Waals surface area contributed by atoms with Crippen LogP contribution >= 0.6 is 0 Å². The Labute approximate surface area is 197 Å². The summed E-state index contributed by atoms with van der Waals surface area (Å²) in [4.78, 5) is 27.3. The van der Waals surface area contributed by atoms with E-state index in [1.807, 2.05) is 0 Å². The molecule has 0 aromatic heterocycles. The molecule has 2 saturated heterocycles. The molecule has 166 valence electrons.